The van der Waals surface area contributed by atoms with Crippen LogP contribution < -0.4 is 0 Å². The summed E-state index contributed by atoms with van der Waals surface area (Å²) in [6, 6.07) is 0. The van der Waals surface area contributed by atoms with Gasteiger partial charge in [-0.2, -0.15) is 11.2 Å². The molecule has 0 N–H and O–H groups in total. The van der Waals surface area contributed by atoms with Crippen molar-refractivity contribution in [3.05, 3.63) is 0 Å². The zero-order valence-corrected chi connectivity index (χ0v) is 9.26. The molecule has 0 rings (SSSR count). The zero-order valence-electron chi connectivity index (χ0n) is 7.03. The monoisotopic (exact) mass is 162 g/mol. The van der Waals surface area contributed by atoms with Crippen LogP contribution in [0.2, 0.25) is 5.04 Å². The first-order chi connectivity index (χ1) is 4.12. The van der Waals surface area contributed by atoms with E-state index in [4.69, 9.17) is 0 Å². The van der Waals surface area contributed by atoms with Gasteiger partial charge in [0.1, 0.15) is 0 Å². The second-order valence-electron chi connectivity index (χ2n) is 3.15. The van der Waals surface area contributed by atoms with Crippen LogP contribution in [-0.2, 0) is 0 Å². The van der Waals surface area contributed by atoms with Gasteiger partial charge in [0.15, 0.2) is 0 Å². The Balaban J connectivity index is 3.33. The van der Waals surface area contributed by atoms with Crippen LogP contribution in [0.25, 0.3) is 0 Å². The molecule has 0 nitrogen and oxygen atoms in total. The summed E-state index contributed by atoms with van der Waals surface area (Å²) < 4.78 is 0. The summed E-state index contributed by atoms with van der Waals surface area (Å²) in [4.78, 5) is 0. The quantitative estimate of drug-likeness (QED) is 0.572. The molecule has 0 aliphatic carbocycles. The van der Waals surface area contributed by atoms with Crippen molar-refractivity contribution < 1.29 is 0 Å². The summed E-state index contributed by atoms with van der Waals surface area (Å²) in [5, 5.41) is 0.695. The van der Waals surface area contributed by atoms with Gasteiger partial charge in [0.25, 0.3) is 0 Å². The molecule has 0 fully saturated rings. The van der Waals surface area contributed by atoms with Gasteiger partial charge in [-0.05, 0) is 10.8 Å². The first-order valence-electron chi connectivity index (χ1n) is 3.70. The first kappa shape index (κ1) is 9.57. The highest BCUT2D eigenvalue weighted by molar-refractivity contribution is 8.22. The van der Waals surface area contributed by atoms with Crippen LogP contribution >= 0.6 is 11.2 Å². The maximum atomic E-state index is 2.39. The third kappa shape index (κ3) is 5.03. The minimum Gasteiger partial charge on any atom is -0.193 e. The molecule has 0 unspecified atom stereocenters. The van der Waals surface area contributed by atoms with Crippen molar-refractivity contribution in [3.8, 4) is 0 Å². The average Bonchev–Trinajstić information content (AvgIpc) is 1.84. The molecule has 56 valence electrons. The van der Waals surface area contributed by atoms with Crippen LogP contribution in [0.4, 0.5) is 0 Å². The van der Waals surface area contributed by atoms with Crippen LogP contribution in [0, 0.1) is 0 Å². The molecule has 0 spiro atoms. The van der Waals surface area contributed by atoms with Crippen molar-refractivity contribution in [1.82, 2.24) is 0 Å². The fourth-order valence-corrected chi connectivity index (χ4v) is 4.32. The third-order valence-corrected chi connectivity index (χ3v) is 7.73. The topological polar surface area (TPSA) is 0 Å². The Morgan fingerprint density at radius 2 is 1.89 bits per heavy atom. The molecule has 0 aromatic rings. The summed E-state index contributed by atoms with van der Waals surface area (Å²) in [6.45, 7) is 9.33. The predicted molar refractivity (Wildman–Crippen MR) is 51.0 cm³/mol. The smallest absolute Gasteiger partial charge is 0.0910 e. The second kappa shape index (κ2) is 4.39. The van der Waals surface area contributed by atoms with Gasteiger partial charge >= 0.3 is 0 Å². The van der Waals surface area contributed by atoms with E-state index in [1.807, 2.05) is 0 Å². The van der Waals surface area contributed by atoms with E-state index >= 15 is 0 Å². The Morgan fingerprint density at radius 3 is 2.22 bits per heavy atom. The van der Waals surface area contributed by atoms with E-state index in [9.17, 15) is 0 Å². The zero-order chi connectivity index (χ0) is 7.33. The fourth-order valence-electron chi connectivity index (χ4n) is 0.480. The Hall–Kier alpha value is 0.567. The molecule has 0 atom stereocenters. The van der Waals surface area contributed by atoms with Crippen LogP contribution in [-0.4, -0.2) is 14.4 Å². The van der Waals surface area contributed by atoms with Crippen LogP contribution in [0.15, 0.2) is 0 Å². The van der Waals surface area contributed by atoms with Crippen molar-refractivity contribution >= 4 is 19.9 Å². The predicted octanol–water partition coefficient (Wildman–Crippen LogP) is 2.43. The Kier molecular flexibility index (Phi) is 4.67. The summed E-state index contributed by atoms with van der Waals surface area (Å²) in [6.07, 6.45) is 1.35. The van der Waals surface area contributed by atoms with E-state index in [0.717, 1.165) is 0 Å². The van der Waals surface area contributed by atoms with Crippen LogP contribution in [0.3, 0.4) is 0 Å². The van der Waals surface area contributed by atoms with Gasteiger partial charge in [0.2, 0.25) is 0 Å². The second-order valence-corrected chi connectivity index (χ2v) is 8.43. The van der Waals surface area contributed by atoms with Crippen molar-refractivity contribution in [2.24, 2.45) is 0 Å². The molecule has 0 amide bonds. The van der Waals surface area contributed by atoms with Gasteiger partial charge in [-0.15, -0.1) is 0 Å². The molecular weight excluding hydrogens is 144 g/mol. The number of hydrogen-bond acceptors (Lipinski definition) is 1. The lowest BCUT2D eigenvalue weighted by Crippen LogP contribution is -2.08. The van der Waals surface area contributed by atoms with Gasteiger partial charge in [-0.3, -0.25) is 0 Å². The summed E-state index contributed by atoms with van der Waals surface area (Å²) in [5.41, 5.74) is 0. The lowest BCUT2D eigenvalue weighted by atomic mass is 10.1. The molecule has 0 saturated heterocycles. The van der Waals surface area contributed by atoms with Gasteiger partial charge in [0.05, 0.1) is 8.67 Å². The lowest BCUT2D eigenvalue weighted by molar-refractivity contribution is 0.651. The molecule has 0 saturated carbocycles. The van der Waals surface area contributed by atoms with E-state index in [1.54, 1.807) is 0 Å². The maximum absolute atomic E-state index is 2.39. The van der Waals surface area contributed by atoms with E-state index in [2.05, 4.69) is 38.9 Å². The maximum Gasteiger partial charge on any atom is 0.0910 e. The van der Waals surface area contributed by atoms with Crippen molar-refractivity contribution in [2.45, 2.75) is 39.2 Å². The lowest BCUT2D eigenvalue weighted by Gasteiger charge is -2.20. The van der Waals surface area contributed by atoms with Crippen molar-refractivity contribution in [3.63, 3.8) is 0 Å². The first-order valence-corrected chi connectivity index (χ1v) is 7.29. The fraction of sp³-hybridized carbons (Fsp3) is 1.00. The van der Waals surface area contributed by atoms with Gasteiger partial charge in [-0.1, -0.05) is 34.1 Å². The Labute approximate surface area is 65.3 Å². The molecule has 0 bridgehead atoms. The summed E-state index contributed by atoms with van der Waals surface area (Å²) >= 11 is 2.18. The van der Waals surface area contributed by atoms with Crippen LogP contribution in [0.5, 0.6) is 0 Å². The SMILES string of the molecule is CCS[SiH2]C(C)(C)CC. The molecule has 9 heavy (non-hydrogen) atoms. The Bertz CT molecular complexity index is 71.3. The highest BCUT2D eigenvalue weighted by Gasteiger charge is 2.14. The molecule has 0 aliphatic rings. The van der Waals surface area contributed by atoms with E-state index in [-0.39, 0.29) is 8.67 Å². The molecule has 0 aromatic heterocycles. The van der Waals surface area contributed by atoms with Gasteiger partial charge in [0, 0.05) is 0 Å². The molecular formula is C7H18SSi. The molecule has 0 aromatic carbocycles. The van der Waals surface area contributed by atoms with Crippen molar-refractivity contribution in [2.75, 3.05) is 5.75 Å². The molecule has 2 heteroatoms. The molecule has 0 heterocycles. The van der Waals surface area contributed by atoms with E-state index in [0.29, 0.717) is 5.04 Å². The highest BCUT2D eigenvalue weighted by Crippen LogP contribution is 2.30. The third-order valence-electron chi connectivity index (χ3n) is 1.65. The van der Waals surface area contributed by atoms with Gasteiger partial charge in [-0.25, -0.2) is 0 Å². The van der Waals surface area contributed by atoms with E-state index < -0.39 is 0 Å². The molecule has 0 aliphatic heterocycles. The van der Waals surface area contributed by atoms with Crippen LogP contribution in [0.1, 0.15) is 34.1 Å². The molecule has 0 radical (unpaired) electrons. The minimum absolute atomic E-state index is 0.156. The average molecular weight is 162 g/mol. The Morgan fingerprint density at radius 1 is 1.33 bits per heavy atom. The standard InChI is InChI=1S/C7H18SSi/c1-5-7(3,4)9-8-6-2/h5-6,9H2,1-4H3. The number of rotatable bonds is 4. The van der Waals surface area contributed by atoms with Gasteiger partial charge < -0.3 is 0 Å². The van der Waals surface area contributed by atoms with E-state index in [1.165, 1.54) is 12.2 Å². The highest BCUT2D eigenvalue weighted by atomic mass is 32.4. The largest absolute Gasteiger partial charge is 0.193 e. The number of hydrogen-bond donors (Lipinski definition) is 0. The summed E-state index contributed by atoms with van der Waals surface area (Å²) in [7, 11) is 0.156. The van der Waals surface area contributed by atoms with Crippen molar-refractivity contribution in [1.29, 1.82) is 0 Å². The minimum atomic E-state index is 0.156. The summed E-state index contributed by atoms with van der Waals surface area (Å²) in [5.74, 6) is 1.32. The normalized spacial score (nSPS) is 13.3.